The topological polar surface area (TPSA) is 40.6 Å². The van der Waals surface area contributed by atoms with E-state index in [1.165, 1.54) is 11.3 Å². The summed E-state index contributed by atoms with van der Waals surface area (Å²) in [5.41, 5.74) is 0. The standard InChI is InChI=1S/C14H17ClN2O2S2/c15-10-12(18)16-5-3-14(4-6-16)17(7-9-21-14)13(19)11-2-1-8-20-11/h1-2,8H,3-7,9-10H2. The summed E-state index contributed by atoms with van der Waals surface area (Å²) in [5.74, 6) is 1.14. The number of amides is 2. The summed E-state index contributed by atoms with van der Waals surface area (Å²) in [6.45, 7) is 2.17. The molecule has 2 aliphatic heterocycles. The van der Waals surface area contributed by atoms with Gasteiger partial charge in [0.1, 0.15) is 5.88 Å². The van der Waals surface area contributed by atoms with Gasteiger partial charge < -0.3 is 9.80 Å². The highest BCUT2D eigenvalue weighted by atomic mass is 35.5. The Labute approximate surface area is 137 Å². The average Bonchev–Trinajstić information content (AvgIpc) is 3.17. The molecule has 0 bridgehead atoms. The van der Waals surface area contributed by atoms with Gasteiger partial charge in [0.25, 0.3) is 5.91 Å². The molecule has 21 heavy (non-hydrogen) atoms. The van der Waals surface area contributed by atoms with Gasteiger partial charge in [-0.2, -0.15) is 0 Å². The molecule has 2 saturated heterocycles. The maximum Gasteiger partial charge on any atom is 0.265 e. The fourth-order valence-corrected chi connectivity index (χ4v) is 5.33. The van der Waals surface area contributed by atoms with Crippen LogP contribution in [-0.2, 0) is 4.79 Å². The van der Waals surface area contributed by atoms with Gasteiger partial charge in [-0.25, -0.2) is 0 Å². The van der Waals surface area contributed by atoms with E-state index >= 15 is 0 Å². The van der Waals surface area contributed by atoms with Gasteiger partial charge in [-0.3, -0.25) is 9.59 Å². The van der Waals surface area contributed by atoms with Crippen molar-refractivity contribution in [3.63, 3.8) is 0 Å². The monoisotopic (exact) mass is 344 g/mol. The van der Waals surface area contributed by atoms with Gasteiger partial charge in [0, 0.05) is 25.4 Å². The minimum Gasteiger partial charge on any atom is -0.341 e. The molecule has 4 nitrogen and oxygen atoms in total. The predicted molar refractivity (Wildman–Crippen MR) is 87.1 cm³/mol. The molecule has 2 fully saturated rings. The molecule has 0 aliphatic carbocycles. The fraction of sp³-hybridized carbons (Fsp3) is 0.571. The molecule has 3 heterocycles. The second-order valence-corrected chi connectivity index (χ2v) is 7.91. The van der Waals surface area contributed by atoms with Crippen LogP contribution in [0.15, 0.2) is 17.5 Å². The number of carbonyl (C=O) groups is 2. The molecule has 0 radical (unpaired) electrons. The van der Waals surface area contributed by atoms with Gasteiger partial charge in [0.05, 0.1) is 9.75 Å². The number of halogens is 1. The summed E-state index contributed by atoms with van der Waals surface area (Å²) >= 11 is 8.97. The van der Waals surface area contributed by atoms with E-state index in [0.29, 0.717) is 13.1 Å². The third-order valence-corrected chi connectivity index (χ3v) is 6.81. The number of thiophene rings is 1. The SMILES string of the molecule is O=C(CCl)N1CCC2(CC1)SCCN2C(=O)c1cccs1. The van der Waals surface area contributed by atoms with Gasteiger partial charge in [-0.1, -0.05) is 6.07 Å². The third-order valence-electron chi connectivity index (χ3n) is 4.17. The minimum absolute atomic E-state index is 0.00866. The highest BCUT2D eigenvalue weighted by Gasteiger charge is 2.47. The van der Waals surface area contributed by atoms with E-state index in [4.69, 9.17) is 11.6 Å². The van der Waals surface area contributed by atoms with Crippen LogP contribution in [0, 0.1) is 0 Å². The molecule has 2 aliphatic rings. The predicted octanol–water partition coefficient (Wildman–Crippen LogP) is 2.49. The van der Waals surface area contributed by atoms with Gasteiger partial charge in [0.2, 0.25) is 5.91 Å². The largest absolute Gasteiger partial charge is 0.341 e. The molecule has 0 aromatic carbocycles. The Balaban J connectivity index is 1.73. The van der Waals surface area contributed by atoms with E-state index in [-0.39, 0.29) is 22.6 Å². The van der Waals surface area contributed by atoms with E-state index in [2.05, 4.69) is 0 Å². The van der Waals surface area contributed by atoms with Crippen LogP contribution in [0.4, 0.5) is 0 Å². The first-order chi connectivity index (χ1) is 10.2. The number of thioether (sulfide) groups is 1. The molecule has 3 rings (SSSR count). The highest BCUT2D eigenvalue weighted by molar-refractivity contribution is 8.00. The number of rotatable bonds is 2. The van der Waals surface area contributed by atoms with Crippen LogP contribution in [-0.4, -0.2) is 57.8 Å². The number of piperidine rings is 1. The molecule has 1 aromatic heterocycles. The molecule has 114 valence electrons. The Kier molecular flexibility index (Phi) is 4.47. The van der Waals surface area contributed by atoms with Crippen LogP contribution in [0.2, 0.25) is 0 Å². The van der Waals surface area contributed by atoms with E-state index in [1.807, 2.05) is 39.1 Å². The maximum absolute atomic E-state index is 12.7. The summed E-state index contributed by atoms with van der Waals surface area (Å²) < 4.78 is 0. The molecular formula is C14H17ClN2O2S2. The molecule has 0 N–H and O–H groups in total. The number of hydrogen-bond acceptors (Lipinski definition) is 4. The van der Waals surface area contributed by atoms with Crippen LogP contribution in [0.1, 0.15) is 22.5 Å². The van der Waals surface area contributed by atoms with E-state index in [0.717, 1.165) is 30.0 Å². The van der Waals surface area contributed by atoms with Crippen molar-refractivity contribution in [3.8, 4) is 0 Å². The molecule has 0 atom stereocenters. The number of carbonyl (C=O) groups excluding carboxylic acids is 2. The lowest BCUT2D eigenvalue weighted by molar-refractivity contribution is -0.130. The van der Waals surface area contributed by atoms with Gasteiger partial charge in [-0.15, -0.1) is 34.7 Å². The van der Waals surface area contributed by atoms with Crippen molar-refractivity contribution in [1.82, 2.24) is 9.80 Å². The van der Waals surface area contributed by atoms with Gasteiger partial charge in [-0.05, 0) is 24.3 Å². The van der Waals surface area contributed by atoms with Gasteiger partial charge >= 0.3 is 0 Å². The lowest BCUT2D eigenvalue weighted by Gasteiger charge is -2.43. The highest BCUT2D eigenvalue weighted by Crippen LogP contribution is 2.44. The number of alkyl halides is 1. The van der Waals surface area contributed by atoms with Crippen molar-refractivity contribution in [3.05, 3.63) is 22.4 Å². The van der Waals surface area contributed by atoms with Gasteiger partial charge in [0.15, 0.2) is 0 Å². The van der Waals surface area contributed by atoms with Crippen molar-refractivity contribution < 1.29 is 9.59 Å². The zero-order valence-electron chi connectivity index (χ0n) is 11.6. The Bertz CT molecular complexity index is 527. The lowest BCUT2D eigenvalue weighted by Crippen LogP contribution is -2.53. The first kappa shape index (κ1) is 15.2. The molecule has 0 saturated carbocycles. The Hall–Kier alpha value is -0.720. The van der Waals surface area contributed by atoms with Crippen LogP contribution >= 0.6 is 34.7 Å². The maximum atomic E-state index is 12.7. The second-order valence-electron chi connectivity index (χ2n) is 5.24. The number of nitrogens with zero attached hydrogens (tertiary/aromatic N) is 2. The molecule has 2 amide bonds. The summed E-state index contributed by atoms with van der Waals surface area (Å²) in [6, 6.07) is 3.80. The Morgan fingerprint density at radius 3 is 2.67 bits per heavy atom. The van der Waals surface area contributed by atoms with Crippen molar-refractivity contribution in [2.24, 2.45) is 0 Å². The van der Waals surface area contributed by atoms with Crippen LogP contribution in [0.3, 0.4) is 0 Å². The smallest absolute Gasteiger partial charge is 0.265 e. The van der Waals surface area contributed by atoms with E-state index < -0.39 is 0 Å². The van der Waals surface area contributed by atoms with Crippen LogP contribution in [0.5, 0.6) is 0 Å². The first-order valence-corrected chi connectivity index (χ1v) is 9.39. The summed E-state index contributed by atoms with van der Waals surface area (Å²) in [5, 5.41) is 1.94. The summed E-state index contributed by atoms with van der Waals surface area (Å²) in [6.07, 6.45) is 1.66. The first-order valence-electron chi connectivity index (χ1n) is 6.99. The number of hydrogen-bond donors (Lipinski definition) is 0. The van der Waals surface area contributed by atoms with Crippen LogP contribution in [0.25, 0.3) is 0 Å². The molecule has 1 aromatic rings. The molecule has 1 spiro atoms. The van der Waals surface area contributed by atoms with Crippen molar-refractivity contribution in [2.45, 2.75) is 17.7 Å². The summed E-state index contributed by atoms with van der Waals surface area (Å²) in [4.78, 5) is 28.9. The minimum atomic E-state index is -0.135. The Morgan fingerprint density at radius 1 is 1.29 bits per heavy atom. The van der Waals surface area contributed by atoms with Crippen molar-refractivity contribution in [2.75, 3.05) is 31.3 Å². The zero-order valence-corrected chi connectivity index (χ0v) is 14.0. The summed E-state index contributed by atoms with van der Waals surface area (Å²) in [7, 11) is 0. The van der Waals surface area contributed by atoms with Crippen molar-refractivity contribution in [1.29, 1.82) is 0 Å². The average molecular weight is 345 g/mol. The second kappa shape index (κ2) is 6.18. The normalized spacial score (nSPS) is 21.0. The van der Waals surface area contributed by atoms with Crippen molar-refractivity contribution >= 4 is 46.5 Å². The third kappa shape index (κ3) is 2.81. The zero-order chi connectivity index (χ0) is 14.9. The molecule has 7 heteroatoms. The molecule has 0 unspecified atom stereocenters. The molecular weight excluding hydrogens is 328 g/mol. The lowest BCUT2D eigenvalue weighted by atomic mass is 10.0. The fourth-order valence-electron chi connectivity index (χ4n) is 3.03. The van der Waals surface area contributed by atoms with E-state index in [1.54, 1.807) is 0 Å². The van der Waals surface area contributed by atoms with Crippen LogP contribution < -0.4 is 0 Å². The quantitative estimate of drug-likeness (QED) is 0.774. The Morgan fingerprint density at radius 2 is 2.05 bits per heavy atom. The van der Waals surface area contributed by atoms with E-state index in [9.17, 15) is 9.59 Å². The number of likely N-dealkylation sites (tertiary alicyclic amines) is 1.